The van der Waals surface area contributed by atoms with E-state index in [2.05, 4.69) is 15.8 Å². The first kappa shape index (κ1) is 43.5. The van der Waals surface area contributed by atoms with E-state index < -0.39 is 23.5 Å². The number of nitrogens with zero attached hydrogens (tertiary/aromatic N) is 7. The van der Waals surface area contributed by atoms with Crippen molar-refractivity contribution in [3.8, 4) is 79.3 Å². The molecule has 69 heavy (non-hydrogen) atoms. The molecule has 0 aliphatic heterocycles. The topological polar surface area (TPSA) is 76.1 Å². The van der Waals surface area contributed by atoms with Crippen LogP contribution >= 0.6 is 0 Å². The molecule has 0 spiro atoms. The number of fused-ring (bicyclic) bond motifs is 3. The maximum absolute atomic E-state index is 15.4. The van der Waals surface area contributed by atoms with Crippen molar-refractivity contribution in [2.45, 2.75) is 12.4 Å². The Morgan fingerprint density at radius 3 is 1.48 bits per heavy atom. The molecule has 2 heterocycles. The highest BCUT2D eigenvalue weighted by Gasteiger charge is 2.37. The summed E-state index contributed by atoms with van der Waals surface area (Å²) in [6.45, 7) is 15.5. The second-order valence-corrected chi connectivity index (χ2v) is 15.9. The third-order valence-corrected chi connectivity index (χ3v) is 11.8. The highest BCUT2D eigenvalue weighted by molar-refractivity contribution is 6.12. The van der Waals surface area contributed by atoms with Crippen LogP contribution in [0.5, 0.6) is 0 Å². The van der Waals surface area contributed by atoms with E-state index in [-0.39, 0.29) is 73.5 Å². The van der Waals surface area contributed by atoms with Gasteiger partial charge in [-0.25, -0.2) is 24.6 Å². The van der Waals surface area contributed by atoms with Crippen molar-refractivity contribution < 1.29 is 26.3 Å². The van der Waals surface area contributed by atoms with Crippen LogP contribution in [0.2, 0.25) is 0 Å². The molecular formula is C56H29F6N7. The van der Waals surface area contributed by atoms with Crippen molar-refractivity contribution in [3.05, 3.63) is 215 Å². The number of nitriles is 1. The minimum Gasteiger partial charge on any atom is -0.308 e. The first-order valence-electron chi connectivity index (χ1n) is 21.1. The van der Waals surface area contributed by atoms with Crippen molar-refractivity contribution in [3.63, 3.8) is 0 Å². The van der Waals surface area contributed by atoms with Crippen molar-refractivity contribution >= 4 is 33.2 Å². The molecule has 0 amide bonds. The van der Waals surface area contributed by atoms with Crippen molar-refractivity contribution in [2.75, 3.05) is 0 Å². The predicted octanol–water partition coefficient (Wildman–Crippen LogP) is 16.0. The average Bonchev–Trinajstić information content (AvgIpc) is 3.70. The summed E-state index contributed by atoms with van der Waals surface area (Å²) in [5, 5.41) is 11.3. The molecule has 13 heteroatoms. The van der Waals surface area contributed by atoms with Gasteiger partial charge in [0.15, 0.2) is 28.8 Å². The second kappa shape index (κ2) is 17.1. The Bertz CT molecular complexity index is 3630. The Morgan fingerprint density at radius 1 is 0.464 bits per heavy atom. The summed E-state index contributed by atoms with van der Waals surface area (Å²) in [6.07, 6.45) is -9.83. The summed E-state index contributed by atoms with van der Waals surface area (Å²) in [6, 6.07) is 47.6. The van der Waals surface area contributed by atoms with Gasteiger partial charge < -0.3 is 4.57 Å². The number of hydrogen-bond acceptors (Lipinski definition) is 4. The van der Waals surface area contributed by atoms with Gasteiger partial charge in [0.1, 0.15) is 0 Å². The third kappa shape index (κ3) is 7.86. The Hall–Kier alpha value is -9.38. The van der Waals surface area contributed by atoms with E-state index in [1.807, 2.05) is 12.1 Å². The van der Waals surface area contributed by atoms with Crippen LogP contribution in [0.25, 0.3) is 105 Å². The quantitative estimate of drug-likeness (QED) is 0.118. The Morgan fingerprint density at radius 2 is 0.957 bits per heavy atom. The Labute approximate surface area is 390 Å². The molecule has 7 nitrogen and oxygen atoms in total. The van der Waals surface area contributed by atoms with Gasteiger partial charge in [0.05, 0.1) is 47.1 Å². The highest BCUT2D eigenvalue weighted by atomic mass is 19.4. The van der Waals surface area contributed by atoms with Crippen LogP contribution in [-0.2, 0) is 12.4 Å². The Balaban J connectivity index is 1.37. The number of rotatable bonds is 7. The van der Waals surface area contributed by atoms with Gasteiger partial charge in [0.2, 0.25) is 0 Å². The molecule has 0 fully saturated rings. The zero-order valence-electron chi connectivity index (χ0n) is 35.6. The molecule has 2 aromatic heterocycles. The van der Waals surface area contributed by atoms with Crippen LogP contribution in [0.1, 0.15) is 16.7 Å². The number of alkyl halides is 6. The summed E-state index contributed by atoms with van der Waals surface area (Å²) in [5.41, 5.74) is 0.164. The summed E-state index contributed by atoms with van der Waals surface area (Å²) in [7, 11) is 0. The number of halogens is 6. The molecule has 0 unspecified atom stereocenters. The zero-order valence-corrected chi connectivity index (χ0v) is 35.6. The summed E-state index contributed by atoms with van der Waals surface area (Å²) in [5.74, 6) is 0.437. The highest BCUT2D eigenvalue weighted by Crippen LogP contribution is 2.49. The van der Waals surface area contributed by atoms with E-state index in [0.717, 1.165) is 12.1 Å². The number of benzene rings is 8. The molecule has 0 aliphatic rings. The monoisotopic (exact) mass is 913 g/mol. The molecule has 8 aromatic carbocycles. The van der Waals surface area contributed by atoms with E-state index in [4.69, 9.17) is 28.1 Å². The first-order chi connectivity index (χ1) is 33.4. The van der Waals surface area contributed by atoms with Crippen LogP contribution in [0.4, 0.5) is 37.7 Å². The molecule has 0 saturated carbocycles. The fourth-order valence-corrected chi connectivity index (χ4v) is 8.81. The SMILES string of the molecule is [C-]#[N+]c1cc(C#N)c(-c2ccc3c(c2)c2ccccc2n3-c2c(-c3ccccc3C(F)(F)F)cc(-c3nc(-c4ccccc4)nc(-c4ccccc4)n3)cc2-c2ccccc2C(F)(F)F)c([N+]#[C-])c1. The van der Waals surface area contributed by atoms with Gasteiger partial charge in [-0.1, -0.05) is 127 Å². The van der Waals surface area contributed by atoms with Gasteiger partial charge in [-0.2, -0.15) is 31.6 Å². The third-order valence-electron chi connectivity index (χ3n) is 11.8. The average molecular weight is 914 g/mol. The van der Waals surface area contributed by atoms with Gasteiger partial charge in [-0.15, -0.1) is 0 Å². The van der Waals surface area contributed by atoms with Crippen LogP contribution < -0.4 is 0 Å². The number of para-hydroxylation sites is 1. The molecule has 0 atom stereocenters. The maximum atomic E-state index is 15.4. The molecular weight excluding hydrogens is 885 g/mol. The van der Waals surface area contributed by atoms with Crippen molar-refractivity contribution in [1.82, 2.24) is 19.5 Å². The van der Waals surface area contributed by atoms with E-state index in [0.29, 0.717) is 38.5 Å². The molecule has 0 N–H and O–H groups in total. The summed E-state index contributed by atoms with van der Waals surface area (Å²) >= 11 is 0. The predicted molar refractivity (Wildman–Crippen MR) is 254 cm³/mol. The minimum absolute atomic E-state index is 0.00677. The first-order valence-corrected chi connectivity index (χ1v) is 21.1. The van der Waals surface area contributed by atoms with Crippen molar-refractivity contribution in [2.24, 2.45) is 0 Å². The smallest absolute Gasteiger partial charge is 0.308 e. The van der Waals surface area contributed by atoms with Crippen molar-refractivity contribution in [1.29, 1.82) is 5.26 Å². The van der Waals surface area contributed by atoms with Crippen LogP contribution in [0.3, 0.4) is 0 Å². The summed E-state index contributed by atoms with van der Waals surface area (Å²) in [4.78, 5) is 21.5. The standard InChI is InChI=1S/C56H29F6N7/c1-64-38-27-37(32-63)50(47(31-38)65-2)35-25-26-49-42(28-35)41-21-11-14-24-48(41)69(49)51-43(39-19-9-12-22-45(39)55(57,58)59)29-36(30-44(51)40-20-10-13-23-46(40)56(60,61)62)54-67-52(33-15-5-3-6-16-33)66-53(68-54)34-17-7-4-8-18-34/h3-31H. The number of hydrogen-bond donors (Lipinski definition) is 0. The second-order valence-electron chi connectivity index (χ2n) is 15.9. The van der Waals surface area contributed by atoms with Gasteiger partial charge >= 0.3 is 12.4 Å². The number of aromatic nitrogens is 4. The lowest BCUT2D eigenvalue weighted by molar-refractivity contribution is -0.137. The van der Waals surface area contributed by atoms with E-state index in [1.165, 1.54) is 60.7 Å². The van der Waals surface area contributed by atoms with Gasteiger partial charge in [0, 0.05) is 49.7 Å². The fraction of sp³-hybridized carbons (Fsp3) is 0.0357. The van der Waals surface area contributed by atoms with Gasteiger partial charge in [-0.05, 0) is 65.2 Å². The Kier molecular flexibility index (Phi) is 10.8. The molecule has 10 aromatic rings. The van der Waals surface area contributed by atoms with Crippen LogP contribution in [0.15, 0.2) is 176 Å². The lowest BCUT2D eigenvalue weighted by Gasteiger charge is -2.24. The zero-order chi connectivity index (χ0) is 48.0. The molecule has 330 valence electrons. The maximum Gasteiger partial charge on any atom is 0.417 e. The molecule has 10 rings (SSSR count). The van der Waals surface area contributed by atoms with E-state index in [1.54, 1.807) is 95.6 Å². The van der Waals surface area contributed by atoms with Gasteiger partial charge in [0.25, 0.3) is 0 Å². The minimum atomic E-state index is -4.92. The fourth-order valence-electron chi connectivity index (χ4n) is 8.81. The largest absolute Gasteiger partial charge is 0.417 e. The summed E-state index contributed by atoms with van der Waals surface area (Å²) < 4.78 is 94.0. The normalized spacial score (nSPS) is 11.6. The molecule has 0 saturated heterocycles. The van der Waals surface area contributed by atoms with E-state index >= 15 is 26.3 Å². The molecule has 0 radical (unpaired) electrons. The molecule has 0 bridgehead atoms. The van der Waals surface area contributed by atoms with Crippen LogP contribution in [0, 0.1) is 24.5 Å². The lowest BCUT2D eigenvalue weighted by Crippen LogP contribution is -2.11. The molecule has 0 aliphatic carbocycles. The lowest BCUT2D eigenvalue weighted by atomic mass is 9.88. The van der Waals surface area contributed by atoms with Gasteiger partial charge in [-0.3, -0.25) is 0 Å². The van der Waals surface area contributed by atoms with E-state index in [9.17, 15) is 5.26 Å². The van der Waals surface area contributed by atoms with Crippen LogP contribution in [-0.4, -0.2) is 19.5 Å².